The number of hydrogen-bond donors (Lipinski definition) is 0. The third-order valence-electron chi connectivity index (χ3n) is 3.71. The zero-order chi connectivity index (χ0) is 14.5. The monoisotopic (exact) mass is 295 g/mol. The van der Waals surface area contributed by atoms with Crippen molar-refractivity contribution in [1.29, 1.82) is 0 Å². The van der Waals surface area contributed by atoms with E-state index in [9.17, 15) is 4.79 Å². The van der Waals surface area contributed by atoms with Gasteiger partial charge in [-0.2, -0.15) is 0 Å². The zero-order valence-electron chi connectivity index (χ0n) is 12.2. The van der Waals surface area contributed by atoms with Gasteiger partial charge in [-0.25, -0.2) is 0 Å². The van der Waals surface area contributed by atoms with Crippen LogP contribution in [0.4, 0.5) is 0 Å². The standard InChI is InChI=1S/C16H22ClNO2/c1-12-11-14(17)7-8-15(12)20-13(2)16(19)18-9-5-3-4-6-10-18/h7-8,11,13H,3-6,9-10H2,1-2H3/t13-/m1/s1. The number of carbonyl (C=O) groups excluding carboxylic acids is 1. The van der Waals surface area contributed by atoms with Crippen LogP contribution in [-0.2, 0) is 4.79 Å². The summed E-state index contributed by atoms with van der Waals surface area (Å²) in [5, 5.41) is 0.682. The van der Waals surface area contributed by atoms with Gasteiger partial charge < -0.3 is 9.64 Å². The molecule has 1 amide bonds. The molecule has 3 nitrogen and oxygen atoms in total. The molecule has 1 heterocycles. The first-order valence-electron chi connectivity index (χ1n) is 7.29. The molecule has 4 heteroatoms. The van der Waals surface area contributed by atoms with Gasteiger partial charge in [-0.3, -0.25) is 4.79 Å². The minimum atomic E-state index is -0.451. The molecular weight excluding hydrogens is 274 g/mol. The van der Waals surface area contributed by atoms with E-state index in [2.05, 4.69) is 0 Å². The second kappa shape index (κ2) is 6.98. The Kier molecular flexibility index (Phi) is 5.30. The van der Waals surface area contributed by atoms with E-state index in [-0.39, 0.29) is 5.91 Å². The van der Waals surface area contributed by atoms with Crippen molar-refractivity contribution in [3.05, 3.63) is 28.8 Å². The Balaban J connectivity index is 1.99. The van der Waals surface area contributed by atoms with Gasteiger partial charge >= 0.3 is 0 Å². The number of likely N-dealkylation sites (tertiary alicyclic amines) is 1. The van der Waals surface area contributed by atoms with E-state index in [0.717, 1.165) is 37.2 Å². The van der Waals surface area contributed by atoms with Gasteiger partial charge in [0.2, 0.25) is 0 Å². The predicted molar refractivity (Wildman–Crippen MR) is 81.3 cm³/mol. The van der Waals surface area contributed by atoms with Crippen LogP contribution in [0.3, 0.4) is 0 Å². The van der Waals surface area contributed by atoms with Gasteiger partial charge in [0, 0.05) is 18.1 Å². The van der Waals surface area contributed by atoms with Crippen molar-refractivity contribution in [2.45, 2.75) is 45.6 Å². The molecule has 0 bridgehead atoms. The summed E-state index contributed by atoms with van der Waals surface area (Å²) >= 11 is 5.93. The van der Waals surface area contributed by atoms with Crippen LogP contribution in [0.2, 0.25) is 5.02 Å². The molecule has 1 aromatic carbocycles. The average Bonchev–Trinajstić information content (AvgIpc) is 2.70. The molecule has 1 fully saturated rings. The van der Waals surface area contributed by atoms with Crippen molar-refractivity contribution in [1.82, 2.24) is 4.90 Å². The maximum Gasteiger partial charge on any atom is 0.263 e. The van der Waals surface area contributed by atoms with Crippen molar-refractivity contribution < 1.29 is 9.53 Å². The van der Waals surface area contributed by atoms with E-state index < -0.39 is 6.10 Å². The highest BCUT2D eigenvalue weighted by Gasteiger charge is 2.23. The third kappa shape index (κ3) is 3.89. The van der Waals surface area contributed by atoms with Crippen molar-refractivity contribution >= 4 is 17.5 Å². The van der Waals surface area contributed by atoms with Gasteiger partial charge in [0.1, 0.15) is 5.75 Å². The summed E-state index contributed by atoms with van der Waals surface area (Å²) in [5.74, 6) is 0.811. The minimum absolute atomic E-state index is 0.0845. The molecule has 1 saturated heterocycles. The van der Waals surface area contributed by atoms with E-state index in [1.54, 1.807) is 6.07 Å². The lowest BCUT2D eigenvalue weighted by Gasteiger charge is -2.25. The Hall–Kier alpha value is -1.22. The van der Waals surface area contributed by atoms with Crippen LogP contribution in [0.15, 0.2) is 18.2 Å². The molecule has 0 radical (unpaired) electrons. The maximum atomic E-state index is 12.4. The summed E-state index contributed by atoms with van der Waals surface area (Å²) in [6.07, 6.45) is 4.18. The number of rotatable bonds is 3. The van der Waals surface area contributed by atoms with Gasteiger partial charge in [0.05, 0.1) is 0 Å². The summed E-state index contributed by atoms with van der Waals surface area (Å²) in [6, 6.07) is 5.46. The number of hydrogen-bond acceptors (Lipinski definition) is 2. The molecule has 20 heavy (non-hydrogen) atoms. The summed E-state index contributed by atoms with van der Waals surface area (Å²) in [5.41, 5.74) is 0.952. The number of ether oxygens (including phenoxy) is 1. The molecule has 1 aliphatic heterocycles. The smallest absolute Gasteiger partial charge is 0.263 e. The molecule has 1 aromatic rings. The van der Waals surface area contributed by atoms with E-state index >= 15 is 0 Å². The lowest BCUT2D eigenvalue weighted by atomic mass is 10.2. The Morgan fingerprint density at radius 1 is 1.25 bits per heavy atom. The maximum absolute atomic E-state index is 12.4. The second-order valence-corrected chi connectivity index (χ2v) is 5.85. The Morgan fingerprint density at radius 3 is 2.50 bits per heavy atom. The largest absolute Gasteiger partial charge is 0.481 e. The molecule has 0 N–H and O–H groups in total. The fraction of sp³-hybridized carbons (Fsp3) is 0.562. The SMILES string of the molecule is Cc1cc(Cl)ccc1O[C@H](C)C(=O)N1CCCCCC1. The highest BCUT2D eigenvalue weighted by molar-refractivity contribution is 6.30. The van der Waals surface area contributed by atoms with Crippen molar-refractivity contribution in [2.75, 3.05) is 13.1 Å². The van der Waals surface area contributed by atoms with E-state index in [4.69, 9.17) is 16.3 Å². The molecule has 2 rings (SSSR count). The molecule has 110 valence electrons. The average molecular weight is 296 g/mol. The number of halogens is 1. The molecule has 1 atom stereocenters. The summed E-state index contributed by atoms with van der Waals surface area (Å²) in [4.78, 5) is 14.3. The lowest BCUT2D eigenvalue weighted by molar-refractivity contribution is -0.137. The topological polar surface area (TPSA) is 29.5 Å². The van der Waals surface area contributed by atoms with Crippen molar-refractivity contribution in [2.24, 2.45) is 0 Å². The summed E-state index contributed by atoms with van der Waals surface area (Å²) in [7, 11) is 0. The number of carbonyl (C=O) groups is 1. The first-order valence-corrected chi connectivity index (χ1v) is 7.67. The molecular formula is C16H22ClNO2. The van der Waals surface area contributed by atoms with Gasteiger partial charge in [-0.1, -0.05) is 24.4 Å². The van der Waals surface area contributed by atoms with Crippen LogP contribution in [0.5, 0.6) is 5.75 Å². The van der Waals surface area contributed by atoms with Crippen LogP contribution in [0, 0.1) is 6.92 Å². The van der Waals surface area contributed by atoms with E-state index in [1.165, 1.54) is 12.8 Å². The van der Waals surface area contributed by atoms with Gasteiger partial charge in [-0.05, 0) is 50.5 Å². The molecule has 0 spiro atoms. The Bertz CT molecular complexity index is 468. The van der Waals surface area contributed by atoms with Crippen LogP contribution in [0.1, 0.15) is 38.2 Å². The van der Waals surface area contributed by atoms with E-state index in [0.29, 0.717) is 5.02 Å². The Morgan fingerprint density at radius 2 is 1.90 bits per heavy atom. The third-order valence-corrected chi connectivity index (χ3v) is 3.94. The lowest BCUT2D eigenvalue weighted by Crippen LogP contribution is -2.41. The number of aryl methyl sites for hydroxylation is 1. The first kappa shape index (κ1) is 15.2. The summed E-state index contributed by atoms with van der Waals surface area (Å²) < 4.78 is 5.81. The normalized spacial score (nSPS) is 17.4. The van der Waals surface area contributed by atoms with Crippen LogP contribution < -0.4 is 4.74 Å². The Labute approximate surface area is 125 Å². The van der Waals surface area contributed by atoms with Crippen LogP contribution >= 0.6 is 11.6 Å². The van der Waals surface area contributed by atoms with Crippen molar-refractivity contribution in [3.63, 3.8) is 0 Å². The first-order chi connectivity index (χ1) is 9.58. The molecule has 0 unspecified atom stereocenters. The van der Waals surface area contributed by atoms with Gasteiger partial charge in [0.15, 0.2) is 6.10 Å². The van der Waals surface area contributed by atoms with Crippen LogP contribution in [-0.4, -0.2) is 30.0 Å². The number of nitrogens with zero attached hydrogens (tertiary/aromatic N) is 1. The number of amides is 1. The van der Waals surface area contributed by atoms with E-state index in [1.807, 2.05) is 30.9 Å². The molecule has 0 aliphatic carbocycles. The quantitative estimate of drug-likeness (QED) is 0.848. The molecule has 1 aliphatic rings. The zero-order valence-corrected chi connectivity index (χ0v) is 12.9. The molecule has 0 aromatic heterocycles. The van der Waals surface area contributed by atoms with Gasteiger partial charge in [0.25, 0.3) is 5.91 Å². The highest BCUT2D eigenvalue weighted by atomic mass is 35.5. The second-order valence-electron chi connectivity index (χ2n) is 5.41. The fourth-order valence-corrected chi connectivity index (χ4v) is 2.76. The summed E-state index contributed by atoms with van der Waals surface area (Å²) in [6.45, 7) is 5.46. The highest BCUT2D eigenvalue weighted by Crippen LogP contribution is 2.23. The van der Waals surface area contributed by atoms with Crippen molar-refractivity contribution in [3.8, 4) is 5.75 Å². The fourth-order valence-electron chi connectivity index (χ4n) is 2.53. The molecule has 0 saturated carbocycles. The number of benzene rings is 1. The predicted octanol–water partition coefficient (Wildman–Crippen LogP) is 3.82. The van der Waals surface area contributed by atoms with Gasteiger partial charge in [-0.15, -0.1) is 0 Å². The minimum Gasteiger partial charge on any atom is -0.481 e. The van der Waals surface area contributed by atoms with Crippen LogP contribution in [0.25, 0.3) is 0 Å².